The predicted octanol–water partition coefficient (Wildman–Crippen LogP) is 6.67. The molecule has 12 heteroatoms. The maximum Gasteiger partial charge on any atom is 0.148 e. The molecule has 0 fully saturated rings. The average Bonchev–Trinajstić information content (AvgIpc) is 3.43. The summed E-state index contributed by atoms with van der Waals surface area (Å²) in [5.41, 5.74) is 4.06. The fourth-order valence-electron chi connectivity index (χ4n) is 4.10. The SMILES string of the molecule is CC(NCCS(C)(=O)=O)c1nc(-c2ccc3ncnc(Nc4ccc(OCc5cccc(F)c5)c(Br)c4)c3c2)cs1. The standard InChI is InChI=1S/C29H27BrFN5O3S2/c1-18(32-10-11-41(2,37)38)29-36-26(16-40-29)20-6-8-25-23(13-20)28(34-17-33-25)35-22-7-9-27(24(30)14-22)39-15-19-4-3-5-21(31)12-19/h3-9,12-14,16-18,32H,10-11,15H2,1-2H3,(H,33,34,35). The molecule has 0 bridgehead atoms. The van der Waals surface area contributed by atoms with Crippen molar-refractivity contribution >= 4 is 59.5 Å². The van der Waals surface area contributed by atoms with Crippen molar-refractivity contribution in [3.8, 4) is 17.0 Å². The molecule has 1 atom stereocenters. The molecule has 2 N–H and O–H groups in total. The highest BCUT2D eigenvalue weighted by atomic mass is 79.9. The monoisotopic (exact) mass is 655 g/mol. The van der Waals surface area contributed by atoms with Crippen molar-refractivity contribution in [1.82, 2.24) is 20.3 Å². The molecule has 0 aliphatic carbocycles. The zero-order valence-electron chi connectivity index (χ0n) is 22.3. The minimum atomic E-state index is -3.02. The van der Waals surface area contributed by atoms with Gasteiger partial charge < -0.3 is 15.4 Å². The van der Waals surface area contributed by atoms with E-state index >= 15 is 0 Å². The second-order valence-electron chi connectivity index (χ2n) is 9.52. The Balaban J connectivity index is 1.31. The number of sulfone groups is 1. The van der Waals surface area contributed by atoms with Gasteiger partial charge in [0, 0.05) is 34.8 Å². The van der Waals surface area contributed by atoms with Gasteiger partial charge in [-0.25, -0.2) is 27.8 Å². The smallest absolute Gasteiger partial charge is 0.148 e. The van der Waals surface area contributed by atoms with Crippen LogP contribution >= 0.6 is 27.3 Å². The minimum Gasteiger partial charge on any atom is -0.488 e. The lowest BCUT2D eigenvalue weighted by atomic mass is 10.1. The molecule has 5 rings (SSSR count). The van der Waals surface area contributed by atoms with Crippen LogP contribution < -0.4 is 15.4 Å². The topological polar surface area (TPSA) is 106 Å². The summed E-state index contributed by atoms with van der Waals surface area (Å²) in [7, 11) is -3.02. The Hall–Kier alpha value is -3.45. The van der Waals surface area contributed by atoms with Gasteiger partial charge in [-0.3, -0.25) is 0 Å². The van der Waals surface area contributed by atoms with Crippen molar-refractivity contribution in [3.05, 3.63) is 93.2 Å². The molecule has 2 aromatic heterocycles. The molecule has 0 aliphatic rings. The van der Waals surface area contributed by atoms with E-state index < -0.39 is 9.84 Å². The number of aromatic nitrogens is 3. The summed E-state index contributed by atoms with van der Waals surface area (Å²) in [6.07, 6.45) is 2.74. The number of hydrogen-bond acceptors (Lipinski definition) is 9. The average molecular weight is 657 g/mol. The van der Waals surface area contributed by atoms with E-state index in [-0.39, 0.29) is 24.2 Å². The number of thiazole rings is 1. The molecular formula is C29H27BrFN5O3S2. The number of halogens is 2. The van der Waals surface area contributed by atoms with E-state index in [1.807, 2.05) is 54.8 Å². The summed E-state index contributed by atoms with van der Waals surface area (Å²) in [4.78, 5) is 13.7. The third-order valence-electron chi connectivity index (χ3n) is 6.22. The first kappa shape index (κ1) is 29.1. The van der Waals surface area contributed by atoms with Crippen LogP contribution in [0.2, 0.25) is 0 Å². The molecule has 5 aromatic rings. The van der Waals surface area contributed by atoms with Crippen LogP contribution in [0.1, 0.15) is 23.5 Å². The molecule has 8 nitrogen and oxygen atoms in total. The Morgan fingerprint density at radius 3 is 2.73 bits per heavy atom. The maximum atomic E-state index is 13.5. The van der Waals surface area contributed by atoms with Crippen molar-refractivity contribution < 1.29 is 17.5 Å². The van der Waals surface area contributed by atoms with Gasteiger partial charge in [0.2, 0.25) is 0 Å². The van der Waals surface area contributed by atoms with Crippen LogP contribution in [0.15, 0.2) is 76.8 Å². The molecule has 212 valence electrons. The fraction of sp³-hybridized carbons (Fsp3) is 0.207. The maximum absolute atomic E-state index is 13.5. The Morgan fingerprint density at radius 1 is 1.10 bits per heavy atom. The first-order valence-corrected chi connectivity index (χ1v) is 16.4. The third-order valence-corrected chi connectivity index (χ3v) is 8.82. The number of anilines is 2. The molecule has 0 aliphatic heterocycles. The molecule has 0 radical (unpaired) electrons. The molecular weight excluding hydrogens is 629 g/mol. The van der Waals surface area contributed by atoms with Gasteiger partial charge >= 0.3 is 0 Å². The number of rotatable bonds is 11. The highest BCUT2D eigenvalue weighted by molar-refractivity contribution is 9.10. The molecule has 0 saturated carbocycles. The van der Waals surface area contributed by atoms with Gasteiger partial charge in [-0.1, -0.05) is 18.2 Å². The van der Waals surface area contributed by atoms with Crippen LogP contribution in [0, 0.1) is 5.82 Å². The van der Waals surface area contributed by atoms with Gasteiger partial charge in [-0.15, -0.1) is 11.3 Å². The van der Waals surface area contributed by atoms with Crippen LogP contribution in [-0.2, 0) is 16.4 Å². The van der Waals surface area contributed by atoms with Crippen molar-refractivity contribution in [2.75, 3.05) is 23.9 Å². The van der Waals surface area contributed by atoms with Crippen LogP contribution in [0.5, 0.6) is 5.75 Å². The van der Waals surface area contributed by atoms with E-state index in [2.05, 4.69) is 36.5 Å². The highest BCUT2D eigenvalue weighted by Crippen LogP contribution is 2.33. The molecule has 2 heterocycles. The molecule has 0 saturated heterocycles. The normalized spacial score (nSPS) is 12.4. The predicted molar refractivity (Wildman–Crippen MR) is 165 cm³/mol. The Labute approximate surface area is 250 Å². The van der Waals surface area contributed by atoms with E-state index in [9.17, 15) is 12.8 Å². The zero-order chi connectivity index (χ0) is 29.0. The molecule has 0 spiro atoms. The number of hydrogen-bond donors (Lipinski definition) is 2. The van der Waals surface area contributed by atoms with Crippen LogP contribution in [0.4, 0.5) is 15.9 Å². The van der Waals surface area contributed by atoms with Crippen LogP contribution in [0.3, 0.4) is 0 Å². The van der Waals surface area contributed by atoms with Crippen molar-refractivity contribution in [2.24, 2.45) is 0 Å². The van der Waals surface area contributed by atoms with E-state index in [0.29, 0.717) is 18.1 Å². The summed E-state index contributed by atoms with van der Waals surface area (Å²) in [5.74, 6) is 1.06. The van der Waals surface area contributed by atoms with E-state index in [1.165, 1.54) is 36.1 Å². The number of benzene rings is 3. The summed E-state index contributed by atoms with van der Waals surface area (Å²) in [5, 5.41) is 10.3. The van der Waals surface area contributed by atoms with Crippen LogP contribution in [0.25, 0.3) is 22.2 Å². The zero-order valence-corrected chi connectivity index (χ0v) is 25.5. The lowest BCUT2D eigenvalue weighted by Crippen LogP contribution is -2.25. The van der Waals surface area contributed by atoms with E-state index in [0.717, 1.165) is 42.9 Å². The minimum absolute atomic E-state index is 0.0734. The Bertz CT molecular complexity index is 1800. The van der Waals surface area contributed by atoms with Gasteiger partial charge in [0.15, 0.2) is 0 Å². The fourth-order valence-corrected chi connectivity index (χ4v) is 5.94. The van der Waals surface area contributed by atoms with Gasteiger partial charge in [0.05, 0.1) is 27.5 Å². The molecule has 1 unspecified atom stereocenters. The summed E-state index contributed by atoms with van der Waals surface area (Å²) in [6, 6.07) is 17.8. The van der Waals surface area contributed by atoms with Crippen molar-refractivity contribution in [1.29, 1.82) is 0 Å². The lowest BCUT2D eigenvalue weighted by Gasteiger charge is -2.12. The van der Waals surface area contributed by atoms with Crippen molar-refractivity contribution in [2.45, 2.75) is 19.6 Å². The molecule has 3 aromatic carbocycles. The van der Waals surface area contributed by atoms with Crippen LogP contribution in [-0.4, -0.2) is 41.9 Å². The second kappa shape index (κ2) is 12.6. The second-order valence-corrected chi connectivity index (χ2v) is 13.5. The number of ether oxygens (including phenoxy) is 1. The Morgan fingerprint density at radius 2 is 1.95 bits per heavy atom. The quantitative estimate of drug-likeness (QED) is 0.162. The van der Waals surface area contributed by atoms with Gasteiger partial charge in [0.1, 0.15) is 45.2 Å². The van der Waals surface area contributed by atoms with Crippen molar-refractivity contribution in [3.63, 3.8) is 0 Å². The van der Waals surface area contributed by atoms with E-state index in [4.69, 9.17) is 9.72 Å². The largest absolute Gasteiger partial charge is 0.488 e. The lowest BCUT2D eigenvalue weighted by molar-refractivity contribution is 0.303. The highest BCUT2D eigenvalue weighted by Gasteiger charge is 2.14. The van der Waals surface area contributed by atoms with Gasteiger partial charge in [-0.05, 0) is 70.9 Å². The molecule has 0 amide bonds. The van der Waals surface area contributed by atoms with E-state index in [1.54, 1.807) is 6.07 Å². The summed E-state index contributed by atoms with van der Waals surface area (Å²) < 4.78 is 42.9. The number of nitrogens with zero attached hydrogens (tertiary/aromatic N) is 3. The number of fused-ring (bicyclic) bond motifs is 1. The number of nitrogens with one attached hydrogen (secondary N) is 2. The Kier molecular flexibility index (Phi) is 8.93. The van der Waals surface area contributed by atoms with Gasteiger partial charge in [-0.2, -0.15) is 0 Å². The third kappa shape index (κ3) is 7.64. The summed E-state index contributed by atoms with van der Waals surface area (Å²) in [6.45, 7) is 2.58. The first-order chi connectivity index (χ1) is 19.6. The molecule has 41 heavy (non-hydrogen) atoms. The summed E-state index contributed by atoms with van der Waals surface area (Å²) >= 11 is 5.09. The van der Waals surface area contributed by atoms with Gasteiger partial charge in [0.25, 0.3) is 0 Å². The first-order valence-electron chi connectivity index (χ1n) is 12.7.